The molecular formula is C41H74NO7P. The molecule has 0 amide bonds. The topological polar surface area (TPSA) is 117 Å². The van der Waals surface area contributed by atoms with Crippen molar-refractivity contribution in [2.75, 3.05) is 33.0 Å². The number of hydrogen-bond donors (Lipinski definition) is 2. The second-order valence-electron chi connectivity index (χ2n) is 12.8. The normalized spacial score (nSPS) is 14.2. The zero-order chi connectivity index (χ0) is 36.6. The molecule has 2 atom stereocenters. The van der Waals surface area contributed by atoms with Crippen LogP contribution in [0.25, 0.3) is 0 Å². The summed E-state index contributed by atoms with van der Waals surface area (Å²) in [6, 6.07) is 0. The lowest BCUT2D eigenvalue weighted by atomic mass is 10.1. The maximum atomic E-state index is 12.5. The summed E-state index contributed by atoms with van der Waals surface area (Å²) in [7, 11) is -4.28. The van der Waals surface area contributed by atoms with E-state index in [1.54, 1.807) is 0 Å². The van der Waals surface area contributed by atoms with Crippen LogP contribution in [-0.2, 0) is 27.9 Å². The predicted octanol–water partition coefficient (Wildman–Crippen LogP) is 11.4. The van der Waals surface area contributed by atoms with Crippen LogP contribution in [0.5, 0.6) is 0 Å². The Morgan fingerprint density at radius 2 is 1.12 bits per heavy atom. The van der Waals surface area contributed by atoms with Crippen molar-refractivity contribution in [2.45, 2.75) is 161 Å². The fourth-order valence-corrected chi connectivity index (χ4v) is 5.80. The van der Waals surface area contributed by atoms with E-state index in [1.807, 2.05) is 0 Å². The van der Waals surface area contributed by atoms with Gasteiger partial charge in [-0.15, -0.1) is 0 Å². The smallest absolute Gasteiger partial charge is 0.457 e. The van der Waals surface area contributed by atoms with Crippen LogP contribution < -0.4 is 5.73 Å². The van der Waals surface area contributed by atoms with Crippen LogP contribution in [0.1, 0.15) is 155 Å². The molecule has 0 rings (SSSR count). The number of ether oxygens (including phenoxy) is 2. The molecule has 0 fully saturated rings. The number of hydrogen-bond acceptors (Lipinski definition) is 7. The lowest BCUT2D eigenvalue weighted by molar-refractivity contribution is -0.154. The molecule has 0 bridgehead atoms. The fraction of sp³-hybridized carbons (Fsp3) is 0.732. The van der Waals surface area contributed by atoms with Crippen LogP contribution >= 0.6 is 7.82 Å². The van der Waals surface area contributed by atoms with Crippen LogP contribution in [0.3, 0.4) is 0 Å². The Morgan fingerprint density at radius 3 is 1.70 bits per heavy atom. The molecule has 9 heteroatoms. The molecule has 8 nitrogen and oxygen atoms in total. The first kappa shape index (κ1) is 48.2. The van der Waals surface area contributed by atoms with Crippen molar-refractivity contribution in [3.8, 4) is 0 Å². The standard InChI is InChI=1S/C41H74NO7P/c1-3-5-7-9-11-13-15-17-19-20-21-22-24-26-28-30-32-34-41(43)49-40(39-48-50(44,45)47-37-35-42)38-46-36-33-31-29-27-25-23-18-16-14-12-10-8-6-4-2/h5,7,11,13-14,16-17,19,21-22,40H,3-4,6,8-10,12,15,18,20,23-39,42H2,1-2H3,(H,44,45)/b7-5-,13-11-,16-14-,19-17-,22-21-. The minimum absolute atomic E-state index is 0.0924. The molecule has 0 aliphatic rings. The fourth-order valence-electron chi connectivity index (χ4n) is 5.04. The van der Waals surface area contributed by atoms with E-state index in [-0.39, 0.29) is 38.8 Å². The van der Waals surface area contributed by atoms with Gasteiger partial charge in [-0.3, -0.25) is 13.8 Å². The minimum Gasteiger partial charge on any atom is -0.457 e. The van der Waals surface area contributed by atoms with Crippen LogP contribution in [0.4, 0.5) is 0 Å². The van der Waals surface area contributed by atoms with Crippen LogP contribution in [0.15, 0.2) is 60.8 Å². The third kappa shape index (κ3) is 37.5. The first-order valence-corrected chi connectivity index (χ1v) is 21.3. The Kier molecular flexibility index (Phi) is 37.0. The zero-order valence-corrected chi connectivity index (χ0v) is 32.8. The Morgan fingerprint density at radius 1 is 0.620 bits per heavy atom. The molecule has 0 radical (unpaired) electrons. The monoisotopic (exact) mass is 724 g/mol. The number of phosphoric acid groups is 1. The lowest BCUT2D eigenvalue weighted by Crippen LogP contribution is -2.28. The molecule has 0 aromatic rings. The summed E-state index contributed by atoms with van der Waals surface area (Å²) in [6.45, 7) is 4.73. The number of unbranched alkanes of at least 4 members (excludes halogenated alkanes) is 14. The van der Waals surface area contributed by atoms with Crippen LogP contribution in [-0.4, -0.2) is 49.9 Å². The number of carbonyl (C=O) groups excluding carboxylic acids is 1. The Balaban J connectivity index is 4.15. The van der Waals surface area contributed by atoms with E-state index >= 15 is 0 Å². The molecule has 0 aliphatic carbocycles. The van der Waals surface area contributed by atoms with Gasteiger partial charge in [0.1, 0.15) is 6.10 Å². The van der Waals surface area contributed by atoms with Crippen molar-refractivity contribution >= 4 is 13.8 Å². The summed E-state index contributed by atoms with van der Waals surface area (Å²) in [4.78, 5) is 22.4. The Bertz CT molecular complexity index is 947. The Hall–Kier alpha value is -1.80. The molecule has 0 aromatic carbocycles. The highest BCUT2D eigenvalue weighted by atomic mass is 31.2. The predicted molar refractivity (Wildman–Crippen MR) is 210 cm³/mol. The maximum Gasteiger partial charge on any atom is 0.472 e. The number of nitrogens with two attached hydrogens (primary N) is 1. The van der Waals surface area contributed by atoms with E-state index in [1.165, 1.54) is 64.2 Å². The molecule has 3 N–H and O–H groups in total. The van der Waals surface area contributed by atoms with Gasteiger partial charge >= 0.3 is 13.8 Å². The van der Waals surface area contributed by atoms with Gasteiger partial charge in [0.05, 0.1) is 19.8 Å². The molecule has 0 spiro atoms. The molecule has 0 saturated carbocycles. The number of carbonyl (C=O) groups is 1. The van der Waals surface area contributed by atoms with Gasteiger partial charge < -0.3 is 20.1 Å². The van der Waals surface area contributed by atoms with Gasteiger partial charge in [-0.2, -0.15) is 0 Å². The summed E-state index contributed by atoms with van der Waals surface area (Å²) in [6.07, 6.45) is 45.2. The van der Waals surface area contributed by atoms with Crippen LogP contribution in [0, 0.1) is 0 Å². The first-order chi connectivity index (χ1) is 24.4. The quantitative estimate of drug-likeness (QED) is 0.0281. The van der Waals surface area contributed by atoms with Crippen molar-refractivity contribution in [3.05, 3.63) is 60.8 Å². The van der Waals surface area contributed by atoms with Gasteiger partial charge in [0.25, 0.3) is 0 Å². The van der Waals surface area contributed by atoms with E-state index in [2.05, 4.69) is 74.6 Å². The molecule has 290 valence electrons. The van der Waals surface area contributed by atoms with Gasteiger partial charge in [0, 0.05) is 19.6 Å². The number of rotatable bonds is 37. The van der Waals surface area contributed by atoms with Crippen molar-refractivity contribution in [2.24, 2.45) is 5.73 Å². The average Bonchev–Trinajstić information content (AvgIpc) is 3.10. The van der Waals surface area contributed by atoms with E-state index < -0.39 is 13.9 Å². The van der Waals surface area contributed by atoms with E-state index in [0.717, 1.165) is 70.6 Å². The second-order valence-corrected chi connectivity index (χ2v) is 14.2. The number of phosphoric ester groups is 1. The second kappa shape index (κ2) is 38.4. The van der Waals surface area contributed by atoms with Gasteiger partial charge in [-0.05, 0) is 77.0 Å². The van der Waals surface area contributed by atoms with E-state index in [9.17, 15) is 14.3 Å². The third-order valence-electron chi connectivity index (χ3n) is 7.92. The largest absolute Gasteiger partial charge is 0.472 e. The van der Waals surface area contributed by atoms with Crippen molar-refractivity contribution in [1.29, 1.82) is 0 Å². The average molecular weight is 724 g/mol. The highest BCUT2D eigenvalue weighted by molar-refractivity contribution is 7.47. The highest BCUT2D eigenvalue weighted by Crippen LogP contribution is 2.43. The number of esters is 1. The van der Waals surface area contributed by atoms with Crippen molar-refractivity contribution in [3.63, 3.8) is 0 Å². The summed E-state index contributed by atoms with van der Waals surface area (Å²) >= 11 is 0. The zero-order valence-electron chi connectivity index (χ0n) is 31.9. The summed E-state index contributed by atoms with van der Waals surface area (Å²) < 4.78 is 33.3. The summed E-state index contributed by atoms with van der Waals surface area (Å²) in [5.74, 6) is -0.358. The van der Waals surface area contributed by atoms with Crippen LogP contribution in [0.2, 0.25) is 0 Å². The maximum absolute atomic E-state index is 12.5. The summed E-state index contributed by atoms with van der Waals surface area (Å²) in [5, 5.41) is 0. The molecule has 0 heterocycles. The van der Waals surface area contributed by atoms with Gasteiger partial charge in [0.2, 0.25) is 0 Å². The van der Waals surface area contributed by atoms with Gasteiger partial charge in [0.15, 0.2) is 0 Å². The third-order valence-corrected chi connectivity index (χ3v) is 8.90. The highest BCUT2D eigenvalue weighted by Gasteiger charge is 2.25. The molecule has 2 unspecified atom stereocenters. The molecule has 50 heavy (non-hydrogen) atoms. The minimum atomic E-state index is -4.28. The number of allylic oxidation sites excluding steroid dienone is 10. The van der Waals surface area contributed by atoms with Crippen molar-refractivity contribution in [1.82, 2.24) is 0 Å². The molecule has 0 aromatic heterocycles. The van der Waals surface area contributed by atoms with E-state index in [0.29, 0.717) is 6.61 Å². The molecule has 0 saturated heterocycles. The lowest BCUT2D eigenvalue weighted by Gasteiger charge is -2.20. The van der Waals surface area contributed by atoms with Gasteiger partial charge in [-0.25, -0.2) is 4.57 Å². The van der Waals surface area contributed by atoms with Gasteiger partial charge in [-0.1, -0.05) is 132 Å². The molecular weight excluding hydrogens is 649 g/mol. The molecule has 0 aliphatic heterocycles. The summed E-state index contributed by atoms with van der Waals surface area (Å²) in [5.41, 5.74) is 5.35. The first-order valence-electron chi connectivity index (χ1n) is 19.8. The van der Waals surface area contributed by atoms with E-state index in [4.69, 9.17) is 24.3 Å². The van der Waals surface area contributed by atoms with Crippen molar-refractivity contribution < 1.29 is 32.8 Å². The SMILES string of the molecule is CC/C=C\C/C=C\C/C=C\C/C=C\CCCCCCC(=O)OC(COCCCCCCCC/C=C\CCCCCC)COP(=O)(O)OCCN. The Labute approximate surface area is 306 Å².